The van der Waals surface area contributed by atoms with Crippen molar-refractivity contribution < 1.29 is 19.0 Å². The van der Waals surface area contributed by atoms with E-state index in [0.717, 1.165) is 35.5 Å². The second kappa shape index (κ2) is 14.7. The van der Waals surface area contributed by atoms with Gasteiger partial charge < -0.3 is 19.0 Å². The van der Waals surface area contributed by atoms with Gasteiger partial charge in [-0.3, -0.25) is 0 Å². The standard InChI is InChI=1S/C20H25Cl4NO4/c1-4-15-12-17(27-8-6-18(21)22)13-16(5-2)20(15)28-11-10-26-14(3)25-29-9-7-19(23)24/h6-7,12-13H,4-5,8-11H2,1-3H3. The predicted octanol–water partition coefficient (Wildman–Crippen LogP) is 6.57. The van der Waals surface area contributed by atoms with E-state index in [2.05, 4.69) is 19.0 Å². The van der Waals surface area contributed by atoms with E-state index in [4.69, 9.17) is 65.5 Å². The van der Waals surface area contributed by atoms with E-state index in [0.29, 0.717) is 25.7 Å². The number of benzene rings is 1. The molecule has 1 rings (SSSR count). The van der Waals surface area contributed by atoms with Crippen molar-refractivity contribution in [3.63, 3.8) is 0 Å². The molecule has 0 saturated carbocycles. The van der Waals surface area contributed by atoms with Crippen LogP contribution < -0.4 is 9.47 Å². The number of rotatable bonds is 12. The molecule has 1 aromatic rings. The van der Waals surface area contributed by atoms with E-state index in [-0.39, 0.29) is 15.6 Å². The van der Waals surface area contributed by atoms with Gasteiger partial charge in [0.05, 0.1) is 0 Å². The number of ether oxygens (including phenoxy) is 3. The normalized spacial score (nSPS) is 10.9. The lowest BCUT2D eigenvalue weighted by Crippen LogP contribution is -2.12. The van der Waals surface area contributed by atoms with Crippen LogP contribution in [0.4, 0.5) is 0 Å². The number of halogens is 4. The van der Waals surface area contributed by atoms with E-state index in [1.807, 2.05) is 12.1 Å². The molecule has 0 unspecified atom stereocenters. The molecule has 29 heavy (non-hydrogen) atoms. The van der Waals surface area contributed by atoms with Crippen molar-refractivity contribution in [3.8, 4) is 11.5 Å². The fraction of sp³-hybridized carbons (Fsp3) is 0.450. The van der Waals surface area contributed by atoms with Crippen LogP contribution in [0.2, 0.25) is 0 Å². The zero-order chi connectivity index (χ0) is 21.6. The molecule has 0 aromatic heterocycles. The lowest BCUT2D eigenvalue weighted by atomic mass is 10.0. The fourth-order valence-electron chi connectivity index (χ4n) is 2.31. The minimum absolute atomic E-state index is 0.126. The molecular formula is C20H25Cl4NO4. The van der Waals surface area contributed by atoms with Crippen molar-refractivity contribution in [2.24, 2.45) is 5.16 Å². The van der Waals surface area contributed by atoms with Crippen LogP contribution in [0.15, 0.2) is 38.4 Å². The Morgan fingerprint density at radius 3 is 2.03 bits per heavy atom. The molecular weight excluding hydrogens is 460 g/mol. The van der Waals surface area contributed by atoms with Gasteiger partial charge in [-0.1, -0.05) is 65.4 Å². The molecule has 0 bridgehead atoms. The molecule has 9 heteroatoms. The Hall–Kier alpha value is -1.27. The third kappa shape index (κ3) is 10.9. The summed E-state index contributed by atoms with van der Waals surface area (Å²) in [7, 11) is 0. The Morgan fingerprint density at radius 1 is 0.897 bits per heavy atom. The lowest BCUT2D eigenvalue weighted by Gasteiger charge is -2.17. The Balaban J connectivity index is 2.63. The largest absolute Gasteiger partial charge is 0.489 e. The minimum atomic E-state index is 0.126. The Kier molecular flexibility index (Phi) is 13.0. The van der Waals surface area contributed by atoms with Crippen LogP contribution in [0, 0.1) is 0 Å². The second-order valence-electron chi connectivity index (χ2n) is 5.68. The average molecular weight is 485 g/mol. The van der Waals surface area contributed by atoms with Gasteiger partial charge in [0.25, 0.3) is 0 Å². The molecule has 162 valence electrons. The first-order valence-electron chi connectivity index (χ1n) is 9.10. The average Bonchev–Trinajstić information content (AvgIpc) is 2.68. The Labute approximate surface area is 192 Å². The first-order chi connectivity index (χ1) is 13.9. The third-order valence-electron chi connectivity index (χ3n) is 3.61. The number of aryl methyl sites for hydroxylation is 2. The molecule has 0 spiro atoms. The quantitative estimate of drug-likeness (QED) is 0.145. The molecule has 1 aromatic carbocycles. The van der Waals surface area contributed by atoms with Crippen LogP contribution in [-0.2, 0) is 22.4 Å². The SMILES string of the molecule is CCc1cc(OCC=C(Cl)Cl)cc(CC)c1OCCOC(C)=NOCC=C(Cl)Cl. The number of oxime groups is 1. The second-order valence-corrected chi connectivity index (χ2v) is 7.70. The summed E-state index contributed by atoms with van der Waals surface area (Å²) in [5.41, 5.74) is 2.11. The zero-order valence-corrected chi connectivity index (χ0v) is 19.7. The summed E-state index contributed by atoms with van der Waals surface area (Å²) in [6, 6.07) is 3.92. The van der Waals surface area contributed by atoms with Gasteiger partial charge in [0.1, 0.15) is 46.9 Å². The van der Waals surface area contributed by atoms with Gasteiger partial charge in [0, 0.05) is 6.92 Å². The van der Waals surface area contributed by atoms with Gasteiger partial charge in [-0.05, 0) is 48.3 Å². The van der Waals surface area contributed by atoms with Crippen molar-refractivity contribution in [1.29, 1.82) is 0 Å². The summed E-state index contributed by atoms with van der Waals surface area (Å²) in [4.78, 5) is 5.00. The number of hydrogen-bond donors (Lipinski definition) is 0. The van der Waals surface area contributed by atoms with Gasteiger partial charge in [-0.2, -0.15) is 0 Å². The van der Waals surface area contributed by atoms with Crippen LogP contribution >= 0.6 is 46.4 Å². The first kappa shape index (κ1) is 25.8. The van der Waals surface area contributed by atoms with Gasteiger partial charge >= 0.3 is 0 Å². The highest BCUT2D eigenvalue weighted by Gasteiger charge is 2.11. The van der Waals surface area contributed by atoms with E-state index >= 15 is 0 Å². The molecule has 0 radical (unpaired) electrons. The topological polar surface area (TPSA) is 49.3 Å². The van der Waals surface area contributed by atoms with Gasteiger partial charge in [0.15, 0.2) is 0 Å². The van der Waals surface area contributed by atoms with Gasteiger partial charge in [-0.15, -0.1) is 0 Å². The van der Waals surface area contributed by atoms with E-state index in [1.54, 1.807) is 13.0 Å². The summed E-state index contributed by atoms with van der Waals surface area (Å²) in [5.74, 6) is 1.98. The van der Waals surface area contributed by atoms with Crippen LogP contribution in [0.5, 0.6) is 11.5 Å². The summed E-state index contributed by atoms with van der Waals surface area (Å²) in [6.45, 7) is 6.98. The van der Waals surface area contributed by atoms with Crippen molar-refractivity contribution in [2.75, 3.05) is 26.4 Å². The van der Waals surface area contributed by atoms with E-state index < -0.39 is 0 Å². The molecule has 0 aliphatic rings. The monoisotopic (exact) mass is 483 g/mol. The van der Waals surface area contributed by atoms with Crippen LogP contribution in [0.1, 0.15) is 31.9 Å². The third-order valence-corrected chi connectivity index (χ3v) is 4.23. The predicted molar refractivity (Wildman–Crippen MR) is 121 cm³/mol. The highest BCUT2D eigenvalue weighted by Crippen LogP contribution is 2.31. The first-order valence-corrected chi connectivity index (χ1v) is 10.6. The van der Waals surface area contributed by atoms with Gasteiger partial charge in [-0.25, -0.2) is 0 Å². The zero-order valence-electron chi connectivity index (χ0n) is 16.6. The maximum absolute atomic E-state index is 5.98. The molecule has 0 amide bonds. The molecule has 0 N–H and O–H groups in total. The molecule has 0 fully saturated rings. The summed E-state index contributed by atoms with van der Waals surface area (Å²) >= 11 is 22.2. The van der Waals surface area contributed by atoms with Crippen LogP contribution in [-0.4, -0.2) is 32.3 Å². The summed E-state index contributed by atoms with van der Waals surface area (Å²) in [6.07, 6.45) is 4.68. The minimum Gasteiger partial charge on any atom is -0.489 e. The molecule has 0 heterocycles. The molecule has 5 nitrogen and oxygen atoms in total. The maximum atomic E-state index is 5.98. The van der Waals surface area contributed by atoms with Crippen molar-refractivity contribution >= 4 is 52.3 Å². The van der Waals surface area contributed by atoms with Crippen molar-refractivity contribution in [2.45, 2.75) is 33.6 Å². The van der Waals surface area contributed by atoms with Gasteiger partial charge in [0.2, 0.25) is 5.90 Å². The summed E-state index contributed by atoms with van der Waals surface area (Å²) in [5, 5.41) is 3.80. The number of nitrogens with zero attached hydrogens (tertiary/aromatic N) is 1. The molecule has 0 saturated heterocycles. The molecule has 0 aliphatic carbocycles. The lowest BCUT2D eigenvalue weighted by molar-refractivity contribution is 0.149. The fourth-order valence-corrected chi connectivity index (χ4v) is 2.56. The van der Waals surface area contributed by atoms with Crippen LogP contribution in [0.3, 0.4) is 0 Å². The van der Waals surface area contributed by atoms with E-state index in [1.165, 1.54) is 6.08 Å². The Morgan fingerprint density at radius 2 is 1.48 bits per heavy atom. The maximum Gasteiger partial charge on any atom is 0.222 e. The van der Waals surface area contributed by atoms with Crippen molar-refractivity contribution in [1.82, 2.24) is 0 Å². The Bertz CT molecular complexity index is 702. The smallest absolute Gasteiger partial charge is 0.222 e. The van der Waals surface area contributed by atoms with E-state index in [9.17, 15) is 0 Å². The van der Waals surface area contributed by atoms with Crippen LogP contribution in [0.25, 0.3) is 0 Å². The highest BCUT2D eigenvalue weighted by atomic mass is 35.5. The summed E-state index contributed by atoms with van der Waals surface area (Å²) < 4.78 is 17.5. The number of hydrogen-bond acceptors (Lipinski definition) is 5. The molecule has 0 atom stereocenters. The molecule has 0 aliphatic heterocycles. The van der Waals surface area contributed by atoms with Crippen molar-refractivity contribution in [3.05, 3.63) is 44.4 Å². The highest BCUT2D eigenvalue weighted by molar-refractivity contribution is 6.56.